The van der Waals surface area contributed by atoms with E-state index in [1.54, 1.807) is 30.5 Å². The van der Waals surface area contributed by atoms with Crippen molar-refractivity contribution in [3.63, 3.8) is 0 Å². The summed E-state index contributed by atoms with van der Waals surface area (Å²) in [7, 11) is 0. The monoisotopic (exact) mass is 227 g/mol. The molecule has 0 fully saturated rings. The minimum Gasteiger partial charge on any atom is -0.459 e. The van der Waals surface area contributed by atoms with Crippen LogP contribution < -0.4 is 5.73 Å². The fourth-order valence-corrected chi connectivity index (χ4v) is 1.52. The van der Waals surface area contributed by atoms with Gasteiger partial charge in [0.2, 0.25) is 5.82 Å². The van der Waals surface area contributed by atoms with Gasteiger partial charge in [-0.1, -0.05) is 17.3 Å². The van der Waals surface area contributed by atoms with E-state index in [2.05, 4.69) is 10.1 Å². The van der Waals surface area contributed by atoms with Gasteiger partial charge in [-0.25, -0.2) is 0 Å². The van der Waals surface area contributed by atoms with E-state index in [1.807, 2.05) is 12.1 Å². The molecule has 0 aliphatic rings. The lowest BCUT2D eigenvalue weighted by atomic mass is 10.2. The Morgan fingerprint density at radius 1 is 1.12 bits per heavy atom. The Balaban J connectivity index is 2.01. The maximum atomic E-state index is 5.69. The van der Waals surface area contributed by atoms with E-state index in [4.69, 9.17) is 14.7 Å². The number of nitrogens with zero attached hydrogens (tertiary/aromatic N) is 2. The molecule has 0 amide bonds. The molecule has 1 aromatic carbocycles. The minimum absolute atomic E-state index is 0.354. The van der Waals surface area contributed by atoms with Crippen LogP contribution in [-0.2, 0) is 0 Å². The first kappa shape index (κ1) is 9.65. The maximum absolute atomic E-state index is 5.69. The van der Waals surface area contributed by atoms with Gasteiger partial charge in [-0.3, -0.25) is 0 Å². The Labute approximate surface area is 96.9 Å². The molecule has 5 nitrogen and oxygen atoms in total. The normalized spacial score (nSPS) is 10.6. The van der Waals surface area contributed by atoms with E-state index in [0.29, 0.717) is 23.2 Å². The zero-order valence-electron chi connectivity index (χ0n) is 8.83. The lowest BCUT2D eigenvalue weighted by molar-refractivity contribution is 0.417. The molecule has 0 saturated heterocycles. The van der Waals surface area contributed by atoms with E-state index in [-0.39, 0.29) is 0 Å². The third kappa shape index (κ3) is 1.78. The van der Waals surface area contributed by atoms with Crippen molar-refractivity contribution in [3.05, 3.63) is 42.7 Å². The molecule has 17 heavy (non-hydrogen) atoms. The van der Waals surface area contributed by atoms with E-state index >= 15 is 0 Å². The van der Waals surface area contributed by atoms with Gasteiger partial charge in [-0.15, -0.1) is 0 Å². The number of nitrogen functional groups attached to an aromatic ring is 1. The number of aromatic nitrogens is 2. The smallest absolute Gasteiger partial charge is 0.293 e. The third-order valence-electron chi connectivity index (χ3n) is 2.30. The van der Waals surface area contributed by atoms with Crippen molar-refractivity contribution in [2.45, 2.75) is 0 Å². The van der Waals surface area contributed by atoms with Crippen LogP contribution in [0.5, 0.6) is 0 Å². The maximum Gasteiger partial charge on any atom is 0.293 e. The molecule has 0 spiro atoms. The van der Waals surface area contributed by atoms with Crippen molar-refractivity contribution < 1.29 is 8.94 Å². The molecule has 0 radical (unpaired) electrons. The van der Waals surface area contributed by atoms with Crippen molar-refractivity contribution in [1.82, 2.24) is 10.1 Å². The second-order valence-corrected chi connectivity index (χ2v) is 3.53. The molecule has 0 atom stereocenters. The quantitative estimate of drug-likeness (QED) is 0.681. The molecular weight excluding hydrogens is 218 g/mol. The Kier molecular flexibility index (Phi) is 2.15. The lowest BCUT2D eigenvalue weighted by Gasteiger charge is -1.94. The van der Waals surface area contributed by atoms with E-state index in [0.717, 1.165) is 5.56 Å². The minimum atomic E-state index is 0.354. The molecule has 5 heteroatoms. The Hall–Kier alpha value is -2.56. The Bertz CT molecular complexity index is 629. The van der Waals surface area contributed by atoms with E-state index in [1.165, 1.54) is 0 Å². The van der Waals surface area contributed by atoms with Crippen LogP contribution in [0.15, 0.2) is 51.6 Å². The van der Waals surface area contributed by atoms with Crippen LogP contribution in [0.4, 0.5) is 5.69 Å². The zero-order chi connectivity index (χ0) is 11.7. The lowest BCUT2D eigenvalue weighted by Crippen LogP contribution is -1.86. The highest BCUT2D eigenvalue weighted by Crippen LogP contribution is 2.23. The van der Waals surface area contributed by atoms with Gasteiger partial charge in [0.15, 0.2) is 5.76 Å². The van der Waals surface area contributed by atoms with Gasteiger partial charge >= 0.3 is 0 Å². The number of anilines is 1. The van der Waals surface area contributed by atoms with Gasteiger partial charge < -0.3 is 14.7 Å². The molecule has 0 aliphatic carbocycles. The summed E-state index contributed by atoms with van der Waals surface area (Å²) in [4.78, 5) is 4.24. The van der Waals surface area contributed by atoms with Crippen molar-refractivity contribution >= 4 is 5.69 Å². The predicted octanol–water partition coefficient (Wildman–Crippen LogP) is 2.58. The molecule has 0 saturated carbocycles. The number of hydrogen-bond donors (Lipinski definition) is 1. The van der Waals surface area contributed by atoms with Crippen LogP contribution in [0.3, 0.4) is 0 Å². The molecule has 0 bridgehead atoms. The summed E-state index contributed by atoms with van der Waals surface area (Å²) in [5.41, 5.74) is 7.16. The van der Waals surface area contributed by atoms with Gasteiger partial charge in [0.25, 0.3) is 5.89 Å². The van der Waals surface area contributed by atoms with Gasteiger partial charge in [0, 0.05) is 11.3 Å². The van der Waals surface area contributed by atoms with E-state index in [9.17, 15) is 0 Å². The van der Waals surface area contributed by atoms with Gasteiger partial charge in [-0.05, 0) is 24.3 Å². The molecule has 84 valence electrons. The van der Waals surface area contributed by atoms with Crippen LogP contribution in [0, 0.1) is 0 Å². The Morgan fingerprint density at radius 3 is 2.82 bits per heavy atom. The Morgan fingerprint density at radius 2 is 2.06 bits per heavy atom. The van der Waals surface area contributed by atoms with Gasteiger partial charge in [0.1, 0.15) is 0 Å². The van der Waals surface area contributed by atoms with Gasteiger partial charge in [0.05, 0.1) is 6.26 Å². The molecule has 0 unspecified atom stereocenters. The largest absolute Gasteiger partial charge is 0.459 e. The molecular formula is C12H9N3O2. The third-order valence-corrected chi connectivity index (χ3v) is 2.30. The number of furan rings is 1. The number of rotatable bonds is 2. The number of hydrogen-bond acceptors (Lipinski definition) is 5. The first-order valence-electron chi connectivity index (χ1n) is 5.06. The van der Waals surface area contributed by atoms with Crippen LogP contribution in [0.2, 0.25) is 0 Å². The van der Waals surface area contributed by atoms with Crippen molar-refractivity contribution in [2.75, 3.05) is 5.73 Å². The molecule has 2 N–H and O–H groups in total. The molecule has 0 aliphatic heterocycles. The highest BCUT2D eigenvalue weighted by Gasteiger charge is 2.12. The summed E-state index contributed by atoms with van der Waals surface area (Å²) < 4.78 is 10.3. The average molecular weight is 227 g/mol. The summed E-state index contributed by atoms with van der Waals surface area (Å²) in [6.45, 7) is 0. The first-order chi connectivity index (χ1) is 8.33. The highest BCUT2D eigenvalue weighted by molar-refractivity contribution is 5.62. The average Bonchev–Trinajstić information content (AvgIpc) is 3.00. The molecule has 3 rings (SSSR count). The van der Waals surface area contributed by atoms with Crippen LogP contribution >= 0.6 is 0 Å². The van der Waals surface area contributed by atoms with Crippen molar-refractivity contribution in [2.24, 2.45) is 0 Å². The summed E-state index contributed by atoms with van der Waals surface area (Å²) in [5, 5.41) is 3.88. The highest BCUT2D eigenvalue weighted by atomic mass is 16.5. The molecule has 3 aromatic rings. The van der Waals surface area contributed by atoms with Crippen LogP contribution in [0.1, 0.15) is 0 Å². The summed E-state index contributed by atoms with van der Waals surface area (Å²) in [5.74, 6) is 1.39. The zero-order valence-corrected chi connectivity index (χ0v) is 8.83. The fourth-order valence-electron chi connectivity index (χ4n) is 1.52. The fraction of sp³-hybridized carbons (Fsp3) is 0. The summed E-state index contributed by atoms with van der Waals surface area (Å²) in [6.07, 6.45) is 1.56. The predicted molar refractivity (Wildman–Crippen MR) is 61.8 cm³/mol. The van der Waals surface area contributed by atoms with Gasteiger partial charge in [-0.2, -0.15) is 4.98 Å². The molecule has 2 aromatic heterocycles. The number of nitrogens with two attached hydrogens (primary N) is 1. The van der Waals surface area contributed by atoms with Crippen molar-refractivity contribution in [1.29, 1.82) is 0 Å². The molecule has 2 heterocycles. The number of benzene rings is 1. The summed E-state index contributed by atoms with van der Waals surface area (Å²) >= 11 is 0. The van der Waals surface area contributed by atoms with Crippen LogP contribution in [0.25, 0.3) is 23.0 Å². The first-order valence-corrected chi connectivity index (χ1v) is 5.06. The second kappa shape index (κ2) is 3.79. The van der Waals surface area contributed by atoms with E-state index < -0.39 is 0 Å². The van der Waals surface area contributed by atoms with Crippen molar-refractivity contribution in [3.8, 4) is 23.0 Å². The topological polar surface area (TPSA) is 78.1 Å². The SMILES string of the molecule is Nc1cccc(-c2noc(-c3ccco3)n2)c1. The summed E-state index contributed by atoms with van der Waals surface area (Å²) in [6, 6.07) is 10.8. The van der Waals surface area contributed by atoms with Crippen LogP contribution in [-0.4, -0.2) is 10.1 Å². The second-order valence-electron chi connectivity index (χ2n) is 3.53. The standard InChI is InChI=1S/C12H9N3O2/c13-9-4-1-3-8(7-9)11-14-12(17-15-11)10-5-2-6-16-10/h1-7H,13H2.